The van der Waals surface area contributed by atoms with Gasteiger partial charge in [-0.2, -0.15) is 0 Å². The van der Waals surface area contributed by atoms with Gasteiger partial charge in [0.15, 0.2) is 0 Å². The van der Waals surface area contributed by atoms with E-state index in [0.717, 1.165) is 11.0 Å². The van der Waals surface area contributed by atoms with E-state index in [1.165, 1.54) is 0 Å². The van der Waals surface area contributed by atoms with Crippen LogP contribution < -0.4 is 16.2 Å². The zero-order valence-corrected chi connectivity index (χ0v) is 12.7. The summed E-state index contributed by atoms with van der Waals surface area (Å²) < 4.78 is 0. The van der Waals surface area contributed by atoms with Gasteiger partial charge >= 0.3 is 6.03 Å². The van der Waals surface area contributed by atoms with Crippen LogP contribution in [0.2, 0.25) is 10.0 Å². The molecule has 0 aliphatic carbocycles. The molecule has 112 valence electrons. The standard InChI is InChI=1S/C14H11Cl2N5O/c15-9-6-5-8(7-10(9)16)17-14(22)21-20-13-18-11-3-1-2-4-12(11)19-13/h1-7H,(H2,17,21,22)(H2,18,19,20). The van der Waals surface area contributed by atoms with E-state index in [1.807, 2.05) is 24.3 Å². The number of imidazole rings is 1. The molecule has 0 unspecified atom stereocenters. The third kappa shape index (κ3) is 3.24. The van der Waals surface area contributed by atoms with Gasteiger partial charge in [-0.05, 0) is 30.3 Å². The average Bonchev–Trinajstić information content (AvgIpc) is 2.92. The molecule has 2 amide bonds. The van der Waals surface area contributed by atoms with E-state index in [1.54, 1.807) is 18.2 Å². The number of amides is 2. The van der Waals surface area contributed by atoms with Crippen molar-refractivity contribution in [2.45, 2.75) is 0 Å². The number of anilines is 2. The summed E-state index contributed by atoms with van der Waals surface area (Å²) in [5.41, 5.74) is 7.37. The molecule has 0 aliphatic heterocycles. The van der Waals surface area contributed by atoms with Crippen molar-refractivity contribution in [1.29, 1.82) is 0 Å². The molecule has 0 spiro atoms. The zero-order valence-electron chi connectivity index (χ0n) is 11.2. The van der Waals surface area contributed by atoms with Crippen LogP contribution in [0.15, 0.2) is 42.5 Å². The van der Waals surface area contributed by atoms with Crippen LogP contribution in [0, 0.1) is 0 Å². The number of hydrazine groups is 1. The Labute approximate surface area is 135 Å². The second-order valence-corrected chi connectivity index (χ2v) is 5.25. The lowest BCUT2D eigenvalue weighted by atomic mass is 10.3. The maximum Gasteiger partial charge on any atom is 0.337 e. The highest BCUT2D eigenvalue weighted by molar-refractivity contribution is 6.42. The molecule has 22 heavy (non-hydrogen) atoms. The van der Waals surface area contributed by atoms with Gasteiger partial charge in [0.2, 0.25) is 5.95 Å². The molecule has 8 heteroatoms. The number of benzene rings is 2. The highest BCUT2D eigenvalue weighted by Gasteiger charge is 2.05. The summed E-state index contributed by atoms with van der Waals surface area (Å²) in [5.74, 6) is 0.436. The van der Waals surface area contributed by atoms with Gasteiger partial charge in [0.05, 0.1) is 21.1 Å². The third-order valence-corrected chi connectivity index (χ3v) is 3.60. The zero-order chi connectivity index (χ0) is 15.5. The number of fused-ring (bicyclic) bond motifs is 1. The van der Waals surface area contributed by atoms with Gasteiger partial charge in [-0.25, -0.2) is 15.2 Å². The molecule has 6 nitrogen and oxygen atoms in total. The number of rotatable bonds is 3. The molecule has 1 aromatic heterocycles. The van der Waals surface area contributed by atoms with Crippen LogP contribution in [0.5, 0.6) is 0 Å². The van der Waals surface area contributed by atoms with Crippen LogP contribution in [-0.2, 0) is 0 Å². The highest BCUT2D eigenvalue weighted by atomic mass is 35.5. The van der Waals surface area contributed by atoms with E-state index in [0.29, 0.717) is 21.7 Å². The molecule has 0 saturated carbocycles. The number of aromatic amines is 1. The van der Waals surface area contributed by atoms with Crippen LogP contribution >= 0.6 is 23.2 Å². The number of hydrogen-bond donors (Lipinski definition) is 4. The maximum atomic E-state index is 11.8. The quantitative estimate of drug-likeness (QED) is 0.545. The lowest BCUT2D eigenvalue weighted by Gasteiger charge is -2.08. The third-order valence-electron chi connectivity index (χ3n) is 2.86. The van der Waals surface area contributed by atoms with Gasteiger partial charge in [-0.1, -0.05) is 35.3 Å². The van der Waals surface area contributed by atoms with Crippen LogP contribution in [-0.4, -0.2) is 16.0 Å². The van der Waals surface area contributed by atoms with Crippen molar-refractivity contribution in [2.75, 3.05) is 10.7 Å². The van der Waals surface area contributed by atoms with Gasteiger partial charge in [0.1, 0.15) is 0 Å². The molecule has 2 aromatic carbocycles. The smallest absolute Gasteiger partial charge is 0.323 e. The number of carbonyl (C=O) groups is 1. The molecule has 4 N–H and O–H groups in total. The number of para-hydroxylation sites is 2. The number of carbonyl (C=O) groups excluding carboxylic acids is 1. The molecule has 0 saturated heterocycles. The predicted octanol–water partition coefficient (Wildman–Crippen LogP) is 4.02. The molecule has 0 radical (unpaired) electrons. The normalized spacial score (nSPS) is 10.5. The summed E-state index contributed by atoms with van der Waals surface area (Å²) in [6.07, 6.45) is 0. The maximum absolute atomic E-state index is 11.8. The Morgan fingerprint density at radius 3 is 2.68 bits per heavy atom. The number of nitrogens with zero attached hydrogens (tertiary/aromatic N) is 1. The van der Waals surface area contributed by atoms with Gasteiger partial charge in [0, 0.05) is 5.69 Å². The first-order valence-electron chi connectivity index (χ1n) is 6.34. The monoisotopic (exact) mass is 335 g/mol. The second kappa shape index (κ2) is 6.13. The van der Waals surface area contributed by atoms with Crippen molar-refractivity contribution in [3.8, 4) is 0 Å². The number of hydrogen-bond acceptors (Lipinski definition) is 3. The van der Waals surface area contributed by atoms with Crippen molar-refractivity contribution in [1.82, 2.24) is 15.4 Å². The number of H-pyrrole nitrogens is 1. The van der Waals surface area contributed by atoms with Crippen molar-refractivity contribution >= 4 is 51.9 Å². The molecule has 0 atom stereocenters. The minimum atomic E-state index is -0.459. The van der Waals surface area contributed by atoms with Gasteiger partial charge < -0.3 is 10.3 Å². The van der Waals surface area contributed by atoms with Crippen molar-refractivity contribution in [2.24, 2.45) is 0 Å². The second-order valence-electron chi connectivity index (χ2n) is 4.44. The first kappa shape index (κ1) is 14.5. The van der Waals surface area contributed by atoms with Gasteiger partial charge in [-0.15, -0.1) is 0 Å². The van der Waals surface area contributed by atoms with E-state index in [4.69, 9.17) is 23.2 Å². The van der Waals surface area contributed by atoms with Crippen molar-refractivity contribution < 1.29 is 4.79 Å². The molecule has 3 rings (SSSR count). The first-order chi connectivity index (χ1) is 10.6. The number of nitrogens with one attached hydrogen (secondary N) is 4. The predicted molar refractivity (Wildman–Crippen MR) is 88.3 cm³/mol. The topological polar surface area (TPSA) is 81.8 Å². The Bertz CT molecular complexity index is 800. The largest absolute Gasteiger partial charge is 0.337 e. The fraction of sp³-hybridized carbons (Fsp3) is 0. The molecule has 0 fully saturated rings. The Kier molecular flexibility index (Phi) is 4.04. The molecule has 1 heterocycles. The molecular weight excluding hydrogens is 325 g/mol. The first-order valence-corrected chi connectivity index (χ1v) is 7.10. The van der Waals surface area contributed by atoms with Crippen molar-refractivity contribution in [3.05, 3.63) is 52.5 Å². The summed E-state index contributed by atoms with van der Waals surface area (Å²) in [5, 5.41) is 3.41. The number of urea groups is 1. The van der Waals surface area contributed by atoms with E-state index in [2.05, 4.69) is 26.1 Å². The fourth-order valence-corrected chi connectivity index (χ4v) is 2.16. The highest BCUT2D eigenvalue weighted by Crippen LogP contribution is 2.24. The van der Waals surface area contributed by atoms with Crippen LogP contribution in [0.4, 0.5) is 16.4 Å². The summed E-state index contributed by atoms with van der Waals surface area (Å²) >= 11 is 11.7. The minimum absolute atomic E-state index is 0.365. The Hall–Kier alpha value is -2.44. The Morgan fingerprint density at radius 2 is 1.91 bits per heavy atom. The van der Waals surface area contributed by atoms with Crippen molar-refractivity contribution in [3.63, 3.8) is 0 Å². The fourth-order valence-electron chi connectivity index (χ4n) is 1.86. The summed E-state index contributed by atoms with van der Waals surface area (Å²) in [7, 11) is 0. The average molecular weight is 336 g/mol. The molecular formula is C14H11Cl2N5O. The minimum Gasteiger partial charge on any atom is -0.323 e. The molecule has 3 aromatic rings. The van der Waals surface area contributed by atoms with Crippen LogP contribution in [0.25, 0.3) is 11.0 Å². The van der Waals surface area contributed by atoms with Crippen LogP contribution in [0.1, 0.15) is 0 Å². The van der Waals surface area contributed by atoms with Crippen LogP contribution in [0.3, 0.4) is 0 Å². The number of aromatic nitrogens is 2. The lowest BCUT2D eigenvalue weighted by molar-refractivity contribution is 0.253. The van der Waals surface area contributed by atoms with E-state index >= 15 is 0 Å². The summed E-state index contributed by atoms with van der Waals surface area (Å²) in [6, 6.07) is 11.9. The van der Waals surface area contributed by atoms with E-state index in [-0.39, 0.29) is 0 Å². The molecule has 0 bridgehead atoms. The Balaban J connectivity index is 1.60. The van der Waals surface area contributed by atoms with Gasteiger partial charge in [0.25, 0.3) is 0 Å². The Morgan fingerprint density at radius 1 is 1.09 bits per heavy atom. The van der Waals surface area contributed by atoms with Gasteiger partial charge in [-0.3, -0.25) is 5.43 Å². The summed E-state index contributed by atoms with van der Waals surface area (Å²) in [4.78, 5) is 19.1. The summed E-state index contributed by atoms with van der Waals surface area (Å²) in [6.45, 7) is 0. The molecule has 0 aliphatic rings. The SMILES string of the molecule is O=C(NNc1nc2ccccc2[nH]1)Nc1ccc(Cl)c(Cl)c1. The lowest BCUT2D eigenvalue weighted by Crippen LogP contribution is -2.33. The van der Waals surface area contributed by atoms with E-state index < -0.39 is 6.03 Å². The number of halogens is 2. The van der Waals surface area contributed by atoms with E-state index in [9.17, 15) is 4.79 Å².